The summed E-state index contributed by atoms with van der Waals surface area (Å²) in [5, 5.41) is 4.22. The van der Waals surface area contributed by atoms with Gasteiger partial charge in [-0.15, -0.1) is 0 Å². The van der Waals surface area contributed by atoms with Crippen molar-refractivity contribution in [1.82, 2.24) is 9.78 Å². The molecule has 0 aliphatic heterocycles. The maximum Gasteiger partial charge on any atom is 0.171 e. The summed E-state index contributed by atoms with van der Waals surface area (Å²) in [5.41, 5.74) is 7.78. The average molecular weight is 249 g/mol. The molecule has 0 radical (unpaired) electrons. The average Bonchev–Trinajstić information content (AvgIpc) is 2.58. The van der Waals surface area contributed by atoms with Crippen molar-refractivity contribution in [2.75, 3.05) is 0 Å². The van der Waals surface area contributed by atoms with Crippen LogP contribution in [0.2, 0.25) is 0 Å². The molecule has 4 nitrogen and oxygen atoms in total. The molecule has 2 rings (SSSR count). The number of ether oxygens (including phenoxy) is 1. The van der Waals surface area contributed by atoms with E-state index in [0.29, 0.717) is 12.3 Å². The van der Waals surface area contributed by atoms with Crippen LogP contribution >= 0.6 is 0 Å². The van der Waals surface area contributed by atoms with Crippen LogP contribution in [-0.2, 0) is 13.6 Å². The van der Waals surface area contributed by atoms with Gasteiger partial charge in [0, 0.05) is 13.6 Å². The van der Waals surface area contributed by atoms with Crippen molar-refractivity contribution in [3.63, 3.8) is 0 Å². The summed E-state index contributed by atoms with van der Waals surface area (Å²) in [6.45, 7) is 4.01. The van der Waals surface area contributed by atoms with Gasteiger partial charge < -0.3 is 10.5 Å². The van der Waals surface area contributed by atoms with Crippen molar-refractivity contribution < 1.29 is 9.13 Å². The fraction of sp³-hybridized carbons (Fsp3) is 0.308. The van der Waals surface area contributed by atoms with E-state index in [2.05, 4.69) is 5.10 Å². The van der Waals surface area contributed by atoms with Crippen molar-refractivity contribution in [1.29, 1.82) is 0 Å². The molecule has 18 heavy (non-hydrogen) atoms. The lowest BCUT2D eigenvalue weighted by molar-refractivity contribution is 0.435. The molecule has 2 aromatic rings. The minimum Gasteiger partial charge on any atom is -0.450 e. The van der Waals surface area contributed by atoms with Crippen LogP contribution in [-0.4, -0.2) is 9.78 Å². The van der Waals surface area contributed by atoms with Gasteiger partial charge in [-0.1, -0.05) is 6.07 Å². The van der Waals surface area contributed by atoms with E-state index in [1.807, 2.05) is 20.9 Å². The third-order valence-electron chi connectivity index (χ3n) is 2.89. The predicted octanol–water partition coefficient (Wildman–Crippen LogP) is 2.43. The molecule has 0 aliphatic rings. The number of hydrogen-bond donors (Lipinski definition) is 1. The van der Waals surface area contributed by atoms with E-state index < -0.39 is 5.82 Å². The van der Waals surface area contributed by atoms with Gasteiger partial charge in [0.05, 0.1) is 5.69 Å². The molecule has 1 heterocycles. The Morgan fingerprint density at radius 3 is 2.61 bits per heavy atom. The minimum atomic E-state index is -0.416. The fourth-order valence-corrected chi connectivity index (χ4v) is 1.77. The van der Waals surface area contributed by atoms with Crippen molar-refractivity contribution in [3.8, 4) is 11.5 Å². The number of nitrogens with two attached hydrogens (primary N) is 1. The molecular formula is C13H16FN3O. The first kappa shape index (κ1) is 12.6. The second-order valence-corrected chi connectivity index (χ2v) is 4.19. The Morgan fingerprint density at radius 2 is 2.11 bits per heavy atom. The van der Waals surface area contributed by atoms with Crippen LogP contribution < -0.4 is 10.5 Å². The summed E-state index contributed by atoms with van der Waals surface area (Å²) in [5.74, 6) is 0.365. The number of hydrogen-bond acceptors (Lipinski definition) is 3. The summed E-state index contributed by atoms with van der Waals surface area (Å²) in [7, 11) is 1.82. The molecule has 1 aromatic heterocycles. The van der Waals surface area contributed by atoms with Gasteiger partial charge >= 0.3 is 0 Å². The number of rotatable bonds is 3. The van der Waals surface area contributed by atoms with Crippen LogP contribution in [0.5, 0.6) is 11.5 Å². The van der Waals surface area contributed by atoms with Crippen molar-refractivity contribution >= 4 is 0 Å². The highest BCUT2D eigenvalue weighted by atomic mass is 19.1. The van der Waals surface area contributed by atoms with Crippen LogP contribution in [0, 0.1) is 19.7 Å². The standard InChI is InChI=1S/C13H16FN3O/c1-8-13(9(2)17(3)16-8)18-12-5-4-10(7-15)6-11(12)14/h4-6H,7,15H2,1-3H3. The van der Waals surface area contributed by atoms with Gasteiger partial charge in [-0.3, -0.25) is 4.68 Å². The maximum atomic E-state index is 13.8. The number of aryl methyl sites for hydroxylation is 2. The van der Waals surface area contributed by atoms with Crippen LogP contribution in [0.1, 0.15) is 17.0 Å². The molecule has 0 saturated heterocycles. The SMILES string of the molecule is Cc1nn(C)c(C)c1Oc1ccc(CN)cc1F. The molecule has 5 heteroatoms. The molecule has 96 valence electrons. The van der Waals surface area contributed by atoms with E-state index >= 15 is 0 Å². The van der Waals surface area contributed by atoms with Crippen molar-refractivity contribution in [2.45, 2.75) is 20.4 Å². The Kier molecular flexibility index (Phi) is 3.34. The second kappa shape index (κ2) is 4.78. The first-order chi connectivity index (χ1) is 8.52. The summed E-state index contributed by atoms with van der Waals surface area (Å²) in [6.07, 6.45) is 0. The lowest BCUT2D eigenvalue weighted by Crippen LogP contribution is -1.98. The third-order valence-corrected chi connectivity index (χ3v) is 2.89. The van der Waals surface area contributed by atoms with E-state index in [0.717, 1.165) is 17.0 Å². The first-order valence-electron chi connectivity index (χ1n) is 5.69. The summed E-state index contributed by atoms with van der Waals surface area (Å²) >= 11 is 0. The van der Waals surface area contributed by atoms with Crippen molar-refractivity contribution in [2.24, 2.45) is 12.8 Å². The van der Waals surface area contributed by atoms with Gasteiger partial charge in [0.15, 0.2) is 17.3 Å². The smallest absolute Gasteiger partial charge is 0.171 e. The Balaban J connectivity index is 2.34. The molecule has 0 unspecified atom stereocenters. The van der Waals surface area contributed by atoms with Crippen LogP contribution in [0.3, 0.4) is 0 Å². The van der Waals surface area contributed by atoms with E-state index in [1.165, 1.54) is 6.07 Å². The largest absolute Gasteiger partial charge is 0.450 e. The lowest BCUT2D eigenvalue weighted by atomic mass is 10.2. The molecule has 2 N–H and O–H groups in total. The summed E-state index contributed by atoms with van der Waals surface area (Å²) < 4.78 is 21.1. The van der Waals surface area contributed by atoms with Crippen LogP contribution in [0.25, 0.3) is 0 Å². The highest BCUT2D eigenvalue weighted by Gasteiger charge is 2.14. The molecule has 1 aromatic carbocycles. The van der Waals surface area contributed by atoms with Crippen molar-refractivity contribution in [3.05, 3.63) is 41.0 Å². The van der Waals surface area contributed by atoms with E-state index in [4.69, 9.17) is 10.5 Å². The Hall–Kier alpha value is -1.88. The van der Waals surface area contributed by atoms with Crippen LogP contribution in [0.15, 0.2) is 18.2 Å². The lowest BCUT2D eigenvalue weighted by Gasteiger charge is -2.08. The molecule has 0 bridgehead atoms. The topological polar surface area (TPSA) is 53.1 Å². The first-order valence-corrected chi connectivity index (χ1v) is 5.69. The Labute approximate surface area is 105 Å². The monoisotopic (exact) mass is 249 g/mol. The van der Waals surface area contributed by atoms with Gasteiger partial charge in [-0.05, 0) is 31.5 Å². The number of halogens is 1. The maximum absolute atomic E-state index is 13.8. The molecule has 0 atom stereocenters. The quantitative estimate of drug-likeness (QED) is 0.908. The zero-order valence-electron chi connectivity index (χ0n) is 10.7. The minimum absolute atomic E-state index is 0.186. The van der Waals surface area contributed by atoms with E-state index in [-0.39, 0.29) is 5.75 Å². The van der Waals surface area contributed by atoms with Gasteiger partial charge in [0.25, 0.3) is 0 Å². The number of nitrogens with zero attached hydrogens (tertiary/aromatic N) is 2. The van der Waals surface area contributed by atoms with Gasteiger partial charge in [-0.25, -0.2) is 4.39 Å². The third kappa shape index (κ3) is 2.22. The molecule has 0 saturated carbocycles. The highest BCUT2D eigenvalue weighted by molar-refractivity contribution is 5.38. The van der Waals surface area contributed by atoms with Gasteiger partial charge in [0.1, 0.15) is 5.69 Å². The number of aromatic nitrogens is 2. The van der Waals surface area contributed by atoms with Crippen LogP contribution in [0.4, 0.5) is 4.39 Å². The molecule has 0 spiro atoms. The zero-order chi connectivity index (χ0) is 13.3. The molecule has 0 fully saturated rings. The summed E-state index contributed by atoms with van der Waals surface area (Å²) in [4.78, 5) is 0. The zero-order valence-corrected chi connectivity index (χ0v) is 10.7. The predicted molar refractivity (Wildman–Crippen MR) is 67.0 cm³/mol. The van der Waals surface area contributed by atoms with Gasteiger partial charge in [-0.2, -0.15) is 5.10 Å². The second-order valence-electron chi connectivity index (χ2n) is 4.19. The van der Waals surface area contributed by atoms with Gasteiger partial charge in [0.2, 0.25) is 0 Å². The molecular weight excluding hydrogens is 233 g/mol. The Morgan fingerprint density at radius 1 is 1.39 bits per heavy atom. The fourth-order valence-electron chi connectivity index (χ4n) is 1.77. The molecule has 0 aliphatic carbocycles. The number of benzene rings is 1. The summed E-state index contributed by atoms with van der Waals surface area (Å²) in [6, 6.07) is 4.72. The Bertz CT molecular complexity index is 578. The normalized spacial score (nSPS) is 10.7. The highest BCUT2D eigenvalue weighted by Crippen LogP contribution is 2.29. The molecule has 0 amide bonds. The van der Waals surface area contributed by atoms with E-state index in [9.17, 15) is 4.39 Å². The van der Waals surface area contributed by atoms with E-state index in [1.54, 1.807) is 16.8 Å².